The second kappa shape index (κ2) is 4.75. The molecule has 1 aliphatic rings. The van der Waals surface area contributed by atoms with Crippen LogP contribution in [0, 0.1) is 6.92 Å². The second-order valence-electron chi connectivity index (χ2n) is 4.27. The Hall–Kier alpha value is -0.920. The predicted molar refractivity (Wildman–Crippen MR) is 62.1 cm³/mol. The first-order valence-corrected chi connectivity index (χ1v) is 7.08. The van der Waals surface area contributed by atoms with E-state index in [4.69, 9.17) is 4.74 Å². The van der Waals surface area contributed by atoms with Crippen LogP contribution in [0.1, 0.15) is 25.1 Å². The number of nitrogens with one attached hydrogen (secondary N) is 2. The zero-order valence-electron chi connectivity index (χ0n) is 9.93. The molecule has 2 atom stereocenters. The molecule has 1 heterocycles. The monoisotopic (exact) mass is 259 g/mol. The van der Waals surface area contributed by atoms with Crippen LogP contribution in [0.4, 0.5) is 0 Å². The summed E-state index contributed by atoms with van der Waals surface area (Å²) in [6.45, 7) is 1.71. The van der Waals surface area contributed by atoms with Crippen LogP contribution in [0.25, 0.3) is 0 Å². The van der Waals surface area contributed by atoms with E-state index in [2.05, 4.69) is 14.7 Å². The quantitative estimate of drug-likeness (QED) is 0.827. The lowest BCUT2D eigenvalue weighted by molar-refractivity contribution is 0.0916. The Morgan fingerprint density at radius 2 is 2.29 bits per heavy atom. The van der Waals surface area contributed by atoms with Crippen LogP contribution in [-0.2, 0) is 14.8 Å². The molecule has 0 saturated heterocycles. The van der Waals surface area contributed by atoms with Gasteiger partial charge in [-0.2, -0.15) is 0 Å². The summed E-state index contributed by atoms with van der Waals surface area (Å²) in [5, 5.41) is 0.108. The van der Waals surface area contributed by atoms with Crippen LogP contribution in [0.5, 0.6) is 0 Å². The van der Waals surface area contributed by atoms with E-state index in [-0.39, 0.29) is 17.2 Å². The number of H-pyrrole nitrogens is 1. The Morgan fingerprint density at radius 3 is 2.88 bits per heavy atom. The van der Waals surface area contributed by atoms with Crippen LogP contribution in [0.15, 0.2) is 11.2 Å². The van der Waals surface area contributed by atoms with Gasteiger partial charge >= 0.3 is 0 Å². The van der Waals surface area contributed by atoms with E-state index >= 15 is 0 Å². The van der Waals surface area contributed by atoms with E-state index in [1.165, 1.54) is 6.20 Å². The number of hydrogen-bond donors (Lipinski definition) is 2. The molecule has 0 aromatic carbocycles. The normalized spacial score (nSPS) is 25.3. The molecule has 6 nitrogen and oxygen atoms in total. The number of ether oxygens (including phenoxy) is 1. The fourth-order valence-electron chi connectivity index (χ4n) is 2.14. The third kappa shape index (κ3) is 2.67. The summed E-state index contributed by atoms with van der Waals surface area (Å²) < 4.78 is 32.0. The Morgan fingerprint density at radius 1 is 1.53 bits per heavy atom. The molecule has 1 fully saturated rings. The number of rotatable bonds is 4. The Kier molecular flexibility index (Phi) is 3.50. The smallest absolute Gasteiger partial charge is 0.257 e. The summed E-state index contributed by atoms with van der Waals surface area (Å²) in [5.41, 5.74) is 0. The molecule has 1 aliphatic carbocycles. The van der Waals surface area contributed by atoms with Crippen molar-refractivity contribution in [1.29, 1.82) is 0 Å². The zero-order chi connectivity index (χ0) is 12.5. The summed E-state index contributed by atoms with van der Waals surface area (Å²) in [6, 6.07) is -0.145. The van der Waals surface area contributed by atoms with Crippen LogP contribution in [0.2, 0.25) is 0 Å². The van der Waals surface area contributed by atoms with Crippen molar-refractivity contribution in [3.8, 4) is 0 Å². The van der Waals surface area contributed by atoms with Gasteiger partial charge in [0.1, 0.15) is 5.82 Å². The van der Waals surface area contributed by atoms with Crippen molar-refractivity contribution in [2.45, 2.75) is 43.4 Å². The molecule has 0 bridgehead atoms. The van der Waals surface area contributed by atoms with Gasteiger partial charge in [-0.15, -0.1) is 0 Å². The molecular weight excluding hydrogens is 242 g/mol. The molecule has 0 spiro atoms. The lowest BCUT2D eigenvalue weighted by atomic mass is 10.2. The first-order valence-electron chi connectivity index (χ1n) is 5.59. The van der Waals surface area contributed by atoms with Crippen molar-refractivity contribution >= 4 is 10.0 Å². The maximum absolute atomic E-state index is 12.0. The average molecular weight is 259 g/mol. The first kappa shape index (κ1) is 12.5. The summed E-state index contributed by atoms with van der Waals surface area (Å²) in [7, 11) is -1.91. The summed E-state index contributed by atoms with van der Waals surface area (Å²) in [6.07, 6.45) is 3.98. The highest BCUT2D eigenvalue weighted by Gasteiger charge is 2.31. The fraction of sp³-hybridized carbons (Fsp3) is 0.700. The van der Waals surface area contributed by atoms with Crippen molar-refractivity contribution in [1.82, 2.24) is 14.7 Å². The number of aryl methyl sites for hydroxylation is 1. The Labute approximate surface area is 101 Å². The van der Waals surface area contributed by atoms with Crippen molar-refractivity contribution in [2.75, 3.05) is 7.11 Å². The molecule has 0 aliphatic heterocycles. The molecular formula is C10H17N3O3S. The van der Waals surface area contributed by atoms with E-state index in [0.717, 1.165) is 19.3 Å². The minimum Gasteiger partial charge on any atom is -0.380 e. The predicted octanol–water partition coefficient (Wildman–Crippen LogP) is 0.564. The molecule has 7 heteroatoms. The van der Waals surface area contributed by atoms with Crippen molar-refractivity contribution in [3.05, 3.63) is 12.0 Å². The lowest BCUT2D eigenvalue weighted by Gasteiger charge is -2.18. The number of nitrogens with zero attached hydrogens (tertiary/aromatic N) is 1. The van der Waals surface area contributed by atoms with Crippen LogP contribution in [0.3, 0.4) is 0 Å². The van der Waals surface area contributed by atoms with Crippen LogP contribution >= 0.6 is 0 Å². The molecule has 2 rings (SSSR count). The maximum Gasteiger partial charge on any atom is 0.257 e. The van der Waals surface area contributed by atoms with E-state index in [9.17, 15) is 8.42 Å². The Balaban J connectivity index is 2.12. The second-order valence-corrected chi connectivity index (χ2v) is 5.95. The molecule has 1 aromatic rings. The van der Waals surface area contributed by atoms with Gasteiger partial charge in [0.15, 0.2) is 5.03 Å². The standard InChI is InChI=1S/C10H17N3O3S/c1-7-11-6-10(12-7)17(14,15)13-8-4-3-5-9(8)16-2/h6,8-9,13H,3-5H2,1-2H3,(H,11,12). The summed E-state index contributed by atoms with van der Waals surface area (Å²) >= 11 is 0. The first-order chi connectivity index (χ1) is 8.03. The molecule has 0 amide bonds. The SMILES string of the molecule is COC1CCCC1NS(=O)(=O)c1cnc(C)[nH]1. The highest BCUT2D eigenvalue weighted by atomic mass is 32.2. The number of aromatic amines is 1. The topological polar surface area (TPSA) is 84.1 Å². The van der Waals surface area contributed by atoms with Gasteiger partial charge in [0.2, 0.25) is 0 Å². The molecule has 96 valence electrons. The third-order valence-electron chi connectivity index (χ3n) is 3.03. The van der Waals surface area contributed by atoms with Crippen LogP contribution in [-0.4, -0.2) is 37.6 Å². The Bertz CT molecular complexity index is 483. The van der Waals surface area contributed by atoms with E-state index < -0.39 is 10.0 Å². The maximum atomic E-state index is 12.0. The lowest BCUT2D eigenvalue weighted by Crippen LogP contribution is -2.40. The van der Waals surface area contributed by atoms with Crippen molar-refractivity contribution in [3.63, 3.8) is 0 Å². The van der Waals surface area contributed by atoms with Gasteiger partial charge in [-0.25, -0.2) is 18.1 Å². The van der Waals surface area contributed by atoms with Crippen molar-refractivity contribution in [2.24, 2.45) is 0 Å². The van der Waals surface area contributed by atoms with Gasteiger partial charge in [0.05, 0.1) is 12.3 Å². The number of imidazole rings is 1. The van der Waals surface area contributed by atoms with Gasteiger partial charge in [-0.05, 0) is 26.2 Å². The van der Waals surface area contributed by atoms with Gasteiger partial charge in [0, 0.05) is 13.2 Å². The summed E-state index contributed by atoms with van der Waals surface area (Å²) in [5.74, 6) is 0.583. The number of aromatic nitrogens is 2. The molecule has 17 heavy (non-hydrogen) atoms. The average Bonchev–Trinajstić information content (AvgIpc) is 2.86. The van der Waals surface area contributed by atoms with Gasteiger partial charge in [-0.1, -0.05) is 0 Å². The largest absolute Gasteiger partial charge is 0.380 e. The highest BCUT2D eigenvalue weighted by Crippen LogP contribution is 2.23. The fourth-order valence-corrected chi connectivity index (χ4v) is 3.41. The molecule has 2 N–H and O–H groups in total. The molecule has 2 unspecified atom stereocenters. The molecule has 1 saturated carbocycles. The van der Waals surface area contributed by atoms with Crippen molar-refractivity contribution < 1.29 is 13.2 Å². The summed E-state index contributed by atoms with van der Waals surface area (Å²) in [4.78, 5) is 6.61. The van der Waals surface area contributed by atoms with Gasteiger partial charge in [-0.3, -0.25) is 0 Å². The zero-order valence-corrected chi connectivity index (χ0v) is 10.8. The number of hydrogen-bond acceptors (Lipinski definition) is 4. The van der Waals surface area contributed by atoms with E-state index in [0.29, 0.717) is 5.82 Å². The van der Waals surface area contributed by atoms with Crippen LogP contribution < -0.4 is 4.72 Å². The third-order valence-corrected chi connectivity index (χ3v) is 4.43. The molecule has 0 radical (unpaired) electrons. The van der Waals surface area contributed by atoms with E-state index in [1.807, 2.05) is 0 Å². The van der Waals surface area contributed by atoms with Gasteiger partial charge in [0.25, 0.3) is 10.0 Å². The highest BCUT2D eigenvalue weighted by molar-refractivity contribution is 7.89. The number of sulfonamides is 1. The number of methoxy groups -OCH3 is 1. The van der Waals surface area contributed by atoms with E-state index in [1.54, 1.807) is 14.0 Å². The van der Waals surface area contributed by atoms with Gasteiger partial charge < -0.3 is 9.72 Å². The minimum absolute atomic E-state index is 0.0335. The minimum atomic E-state index is -3.51. The molecule has 1 aromatic heterocycles.